The Kier molecular flexibility index (Phi) is 5.55. The van der Waals surface area contributed by atoms with Crippen LogP contribution in [0.2, 0.25) is 0 Å². The zero-order chi connectivity index (χ0) is 15.2. The molecular formula is C14H23N3O4. The molecule has 3 amide bonds. The molecule has 1 heterocycles. The zero-order valence-electron chi connectivity index (χ0n) is 12.2. The Morgan fingerprint density at radius 2 is 1.62 bits per heavy atom. The highest BCUT2D eigenvalue weighted by molar-refractivity contribution is 5.95. The molecule has 118 valence electrons. The molecule has 21 heavy (non-hydrogen) atoms. The van der Waals surface area contributed by atoms with Crippen molar-refractivity contribution >= 4 is 17.9 Å². The van der Waals surface area contributed by atoms with Gasteiger partial charge in [0.15, 0.2) is 0 Å². The van der Waals surface area contributed by atoms with Gasteiger partial charge in [-0.05, 0) is 12.8 Å². The number of urea groups is 1. The second-order valence-corrected chi connectivity index (χ2v) is 5.71. The van der Waals surface area contributed by atoms with Gasteiger partial charge < -0.3 is 10.0 Å². The van der Waals surface area contributed by atoms with E-state index in [1.165, 1.54) is 25.7 Å². The first-order chi connectivity index (χ1) is 10.1. The summed E-state index contributed by atoms with van der Waals surface area (Å²) >= 11 is 0. The van der Waals surface area contributed by atoms with Crippen LogP contribution in [-0.2, 0) is 9.59 Å². The first-order valence-electron chi connectivity index (χ1n) is 7.61. The van der Waals surface area contributed by atoms with Crippen LogP contribution in [0.15, 0.2) is 0 Å². The molecule has 1 saturated heterocycles. The van der Waals surface area contributed by atoms with E-state index >= 15 is 0 Å². The second-order valence-electron chi connectivity index (χ2n) is 5.71. The van der Waals surface area contributed by atoms with E-state index in [0.29, 0.717) is 19.1 Å². The lowest BCUT2D eigenvalue weighted by molar-refractivity contribution is -0.138. The third-order valence-electron chi connectivity index (χ3n) is 4.25. The normalized spacial score (nSPS) is 20.5. The van der Waals surface area contributed by atoms with Crippen molar-refractivity contribution in [2.45, 2.75) is 44.6 Å². The zero-order valence-corrected chi connectivity index (χ0v) is 12.2. The molecule has 2 N–H and O–H groups in total. The Hall–Kier alpha value is -1.63. The number of carboxylic acids is 1. The first kappa shape index (κ1) is 15.8. The second kappa shape index (κ2) is 7.40. The fourth-order valence-corrected chi connectivity index (χ4v) is 3.04. The third kappa shape index (κ3) is 4.70. The van der Waals surface area contributed by atoms with Gasteiger partial charge in [-0.25, -0.2) is 4.79 Å². The van der Waals surface area contributed by atoms with Crippen molar-refractivity contribution in [3.8, 4) is 0 Å². The number of rotatable bonds is 4. The van der Waals surface area contributed by atoms with Crippen molar-refractivity contribution in [3.63, 3.8) is 0 Å². The largest absolute Gasteiger partial charge is 0.481 e. The topological polar surface area (TPSA) is 89.9 Å². The summed E-state index contributed by atoms with van der Waals surface area (Å²) in [6.07, 6.45) is 4.67. The Morgan fingerprint density at radius 1 is 1.00 bits per heavy atom. The summed E-state index contributed by atoms with van der Waals surface area (Å²) in [6.45, 7) is 2.94. The van der Waals surface area contributed by atoms with Gasteiger partial charge in [0.05, 0.1) is 6.42 Å². The van der Waals surface area contributed by atoms with E-state index in [1.54, 1.807) is 4.90 Å². The summed E-state index contributed by atoms with van der Waals surface area (Å²) in [5, 5.41) is 10.8. The Morgan fingerprint density at radius 3 is 2.19 bits per heavy atom. The quantitative estimate of drug-likeness (QED) is 0.795. The number of carbonyl (C=O) groups is 3. The number of nitrogens with zero attached hydrogens (tertiary/aromatic N) is 2. The molecule has 0 bridgehead atoms. The van der Waals surface area contributed by atoms with Crippen molar-refractivity contribution in [3.05, 3.63) is 0 Å². The van der Waals surface area contributed by atoms with Crippen molar-refractivity contribution in [2.75, 3.05) is 26.2 Å². The van der Waals surface area contributed by atoms with Crippen LogP contribution >= 0.6 is 0 Å². The fraction of sp³-hybridized carbons (Fsp3) is 0.786. The van der Waals surface area contributed by atoms with Gasteiger partial charge >= 0.3 is 12.0 Å². The molecule has 2 fully saturated rings. The van der Waals surface area contributed by atoms with Crippen LogP contribution in [0, 0.1) is 0 Å². The minimum Gasteiger partial charge on any atom is -0.481 e. The minimum atomic E-state index is -1.04. The molecule has 0 aromatic heterocycles. The number of carboxylic acid groups (broad SMARTS) is 1. The molecule has 0 radical (unpaired) electrons. The van der Waals surface area contributed by atoms with E-state index < -0.39 is 17.9 Å². The van der Waals surface area contributed by atoms with Crippen LogP contribution in [-0.4, -0.2) is 65.0 Å². The summed E-state index contributed by atoms with van der Waals surface area (Å²) in [5.41, 5.74) is 0. The number of hydrogen-bond donors (Lipinski definition) is 2. The van der Waals surface area contributed by atoms with E-state index in [0.717, 1.165) is 13.1 Å². The van der Waals surface area contributed by atoms with Gasteiger partial charge in [-0.15, -0.1) is 0 Å². The summed E-state index contributed by atoms with van der Waals surface area (Å²) in [7, 11) is 0. The highest BCUT2D eigenvalue weighted by atomic mass is 16.4. The number of nitrogens with one attached hydrogen (secondary N) is 1. The highest BCUT2D eigenvalue weighted by Gasteiger charge is 2.28. The van der Waals surface area contributed by atoms with Crippen molar-refractivity contribution < 1.29 is 19.5 Å². The van der Waals surface area contributed by atoms with E-state index in [-0.39, 0.29) is 12.8 Å². The standard InChI is InChI=1S/C14H23N3O4/c18-12(5-6-13(19)20)15-14(21)17-9-7-16(8-10-17)11-3-1-2-4-11/h11H,1-10H2,(H,19,20)(H,15,18,21). The summed E-state index contributed by atoms with van der Waals surface area (Å²) in [4.78, 5) is 37.8. The maximum atomic E-state index is 11.9. The fourth-order valence-electron chi connectivity index (χ4n) is 3.04. The summed E-state index contributed by atoms with van der Waals surface area (Å²) < 4.78 is 0. The van der Waals surface area contributed by atoms with Crippen molar-refractivity contribution in [2.24, 2.45) is 0 Å². The SMILES string of the molecule is O=C(O)CCC(=O)NC(=O)N1CCN(C2CCCC2)CC1. The average Bonchev–Trinajstić information content (AvgIpc) is 2.99. The maximum absolute atomic E-state index is 11.9. The Bertz CT molecular complexity index is 399. The predicted molar refractivity (Wildman–Crippen MR) is 75.8 cm³/mol. The molecule has 2 aliphatic rings. The van der Waals surface area contributed by atoms with Gasteiger partial charge in [0.2, 0.25) is 5.91 Å². The molecule has 0 aromatic rings. The van der Waals surface area contributed by atoms with E-state index in [1.807, 2.05) is 0 Å². The molecule has 0 spiro atoms. The molecule has 1 aliphatic heterocycles. The lowest BCUT2D eigenvalue weighted by atomic mass is 10.2. The van der Waals surface area contributed by atoms with Crippen molar-refractivity contribution in [1.82, 2.24) is 15.1 Å². The molecule has 7 nitrogen and oxygen atoms in total. The van der Waals surface area contributed by atoms with Gasteiger partial charge in [-0.3, -0.25) is 19.8 Å². The lowest BCUT2D eigenvalue weighted by Crippen LogP contribution is -2.54. The van der Waals surface area contributed by atoms with Gasteiger partial charge in [-0.2, -0.15) is 0 Å². The van der Waals surface area contributed by atoms with E-state index in [4.69, 9.17) is 5.11 Å². The monoisotopic (exact) mass is 297 g/mol. The Labute approximate surface area is 124 Å². The summed E-state index contributed by atoms with van der Waals surface area (Å²) in [5.74, 6) is -1.57. The van der Waals surface area contributed by atoms with Crippen molar-refractivity contribution in [1.29, 1.82) is 0 Å². The number of carbonyl (C=O) groups excluding carboxylic acids is 2. The third-order valence-corrected chi connectivity index (χ3v) is 4.25. The van der Waals surface area contributed by atoms with Crippen LogP contribution in [0.4, 0.5) is 4.79 Å². The van der Waals surface area contributed by atoms with Crippen LogP contribution in [0.5, 0.6) is 0 Å². The van der Waals surface area contributed by atoms with E-state index in [9.17, 15) is 14.4 Å². The molecule has 0 aromatic carbocycles. The molecule has 0 unspecified atom stereocenters. The minimum absolute atomic E-state index is 0.164. The predicted octanol–water partition coefficient (Wildman–Crippen LogP) is 0.648. The molecule has 0 atom stereocenters. The number of piperazine rings is 1. The van der Waals surface area contributed by atoms with Gasteiger partial charge in [0, 0.05) is 38.6 Å². The number of aliphatic carboxylic acids is 1. The van der Waals surface area contributed by atoms with Crippen LogP contribution < -0.4 is 5.32 Å². The first-order valence-corrected chi connectivity index (χ1v) is 7.61. The molecule has 1 saturated carbocycles. The Balaban J connectivity index is 1.70. The molecule has 7 heteroatoms. The number of imide groups is 1. The average molecular weight is 297 g/mol. The van der Waals surface area contributed by atoms with Gasteiger partial charge in [0.25, 0.3) is 0 Å². The maximum Gasteiger partial charge on any atom is 0.324 e. The molecule has 1 aliphatic carbocycles. The smallest absolute Gasteiger partial charge is 0.324 e. The number of hydrogen-bond acceptors (Lipinski definition) is 4. The molecular weight excluding hydrogens is 274 g/mol. The molecule has 2 rings (SSSR count). The number of amides is 3. The van der Waals surface area contributed by atoms with Gasteiger partial charge in [0.1, 0.15) is 0 Å². The van der Waals surface area contributed by atoms with Crippen LogP contribution in [0.25, 0.3) is 0 Å². The highest BCUT2D eigenvalue weighted by Crippen LogP contribution is 2.24. The van der Waals surface area contributed by atoms with Gasteiger partial charge in [-0.1, -0.05) is 12.8 Å². The summed E-state index contributed by atoms with van der Waals surface area (Å²) in [6, 6.07) is 0.254. The van der Waals surface area contributed by atoms with E-state index in [2.05, 4.69) is 10.2 Å². The van der Waals surface area contributed by atoms with Crippen LogP contribution in [0.3, 0.4) is 0 Å². The van der Waals surface area contributed by atoms with Crippen LogP contribution in [0.1, 0.15) is 38.5 Å². The lowest BCUT2D eigenvalue weighted by Gasteiger charge is -2.37.